The van der Waals surface area contributed by atoms with Gasteiger partial charge in [-0.1, -0.05) is 18.6 Å². The molecule has 1 aromatic carbocycles. The number of hydrogen-bond acceptors (Lipinski definition) is 6. The number of carbonyl (C=O) groups excluding carboxylic acids is 2. The zero-order valence-corrected chi connectivity index (χ0v) is 19.6. The highest BCUT2D eigenvalue weighted by molar-refractivity contribution is 7.09. The summed E-state index contributed by atoms with van der Waals surface area (Å²) < 4.78 is 16.7. The largest absolute Gasteiger partial charge is 0.454 e. The van der Waals surface area contributed by atoms with Gasteiger partial charge in [0.15, 0.2) is 11.5 Å². The van der Waals surface area contributed by atoms with E-state index in [1.54, 1.807) is 16.2 Å². The van der Waals surface area contributed by atoms with Crippen LogP contribution in [0.4, 0.5) is 0 Å². The molecule has 3 aliphatic rings. The molecule has 1 aromatic heterocycles. The molecule has 0 spiro atoms. The average molecular weight is 471 g/mol. The molecule has 1 unspecified atom stereocenters. The van der Waals surface area contributed by atoms with Crippen molar-refractivity contribution in [3.05, 3.63) is 46.2 Å². The summed E-state index contributed by atoms with van der Waals surface area (Å²) in [6.45, 7) is 2.49. The lowest BCUT2D eigenvalue weighted by Crippen LogP contribution is -2.48. The Hall–Kier alpha value is -2.58. The molecule has 1 aliphatic carbocycles. The first-order valence-electron chi connectivity index (χ1n) is 11.7. The van der Waals surface area contributed by atoms with Crippen molar-refractivity contribution in [2.24, 2.45) is 5.92 Å². The van der Waals surface area contributed by atoms with Gasteiger partial charge in [0.1, 0.15) is 0 Å². The molecule has 176 valence electrons. The molecule has 0 bridgehead atoms. The van der Waals surface area contributed by atoms with E-state index < -0.39 is 0 Å². The van der Waals surface area contributed by atoms with Crippen LogP contribution in [-0.4, -0.2) is 54.2 Å². The van der Waals surface area contributed by atoms with Gasteiger partial charge in [-0.05, 0) is 54.8 Å². The van der Waals surface area contributed by atoms with E-state index in [1.165, 1.54) is 0 Å². The van der Waals surface area contributed by atoms with Gasteiger partial charge >= 0.3 is 0 Å². The summed E-state index contributed by atoms with van der Waals surface area (Å²) in [5.41, 5.74) is 0.972. The normalized spacial score (nSPS) is 19.3. The van der Waals surface area contributed by atoms with Gasteiger partial charge in [0.25, 0.3) is 0 Å². The fraction of sp³-hybridized carbons (Fsp3) is 0.520. The lowest BCUT2D eigenvalue weighted by Gasteiger charge is -2.34. The standard InChI is InChI=1S/C25H30N2O5S/c28-24(16-27(14-20-6-2-10-30-20)25(29)19-4-1-5-19)26(15-21-7-3-11-33-21)13-18-8-9-22-23(12-18)32-17-31-22/h3,7-9,11-12,19-20H,1-2,4-6,10,13-17H2. The number of nitrogens with zero attached hydrogens (tertiary/aromatic N) is 2. The van der Waals surface area contributed by atoms with E-state index in [9.17, 15) is 9.59 Å². The van der Waals surface area contributed by atoms with E-state index in [4.69, 9.17) is 14.2 Å². The highest BCUT2D eigenvalue weighted by atomic mass is 32.1. The van der Waals surface area contributed by atoms with Crippen molar-refractivity contribution in [3.8, 4) is 11.5 Å². The summed E-state index contributed by atoms with van der Waals surface area (Å²) in [7, 11) is 0. The molecular weight excluding hydrogens is 440 g/mol. The second-order valence-corrected chi connectivity index (χ2v) is 10.0. The maximum atomic E-state index is 13.6. The van der Waals surface area contributed by atoms with Gasteiger partial charge in [0, 0.05) is 30.5 Å². The van der Waals surface area contributed by atoms with Gasteiger partial charge in [0.05, 0.1) is 19.2 Å². The smallest absolute Gasteiger partial charge is 0.242 e. The Balaban J connectivity index is 1.32. The third-order valence-electron chi connectivity index (χ3n) is 6.63. The highest BCUT2D eigenvalue weighted by Crippen LogP contribution is 2.33. The van der Waals surface area contributed by atoms with E-state index in [0.29, 0.717) is 25.4 Å². The first-order chi connectivity index (χ1) is 16.2. The topological polar surface area (TPSA) is 68.3 Å². The van der Waals surface area contributed by atoms with Crippen molar-refractivity contribution >= 4 is 23.2 Å². The maximum absolute atomic E-state index is 13.6. The fourth-order valence-electron chi connectivity index (χ4n) is 4.53. The van der Waals surface area contributed by atoms with Crippen LogP contribution in [0.15, 0.2) is 35.7 Å². The second kappa shape index (κ2) is 10.1. The lowest BCUT2D eigenvalue weighted by atomic mass is 9.84. The molecular formula is C25H30N2O5S. The van der Waals surface area contributed by atoms with Crippen LogP contribution in [-0.2, 0) is 27.4 Å². The van der Waals surface area contributed by atoms with Gasteiger partial charge in [-0.2, -0.15) is 0 Å². The minimum Gasteiger partial charge on any atom is -0.454 e. The van der Waals surface area contributed by atoms with E-state index in [1.807, 2.05) is 40.6 Å². The van der Waals surface area contributed by atoms with Crippen molar-refractivity contribution in [2.45, 2.75) is 51.3 Å². The van der Waals surface area contributed by atoms with Crippen LogP contribution in [0.2, 0.25) is 0 Å². The maximum Gasteiger partial charge on any atom is 0.242 e. The number of thiophene rings is 1. The quantitative estimate of drug-likeness (QED) is 0.558. The van der Waals surface area contributed by atoms with Crippen LogP contribution in [0.1, 0.15) is 42.5 Å². The summed E-state index contributed by atoms with van der Waals surface area (Å²) in [6, 6.07) is 9.81. The van der Waals surface area contributed by atoms with Crippen LogP contribution in [0, 0.1) is 5.92 Å². The molecule has 5 rings (SSSR count). The van der Waals surface area contributed by atoms with Crippen molar-refractivity contribution in [1.82, 2.24) is 9.80 Å². The molecule has 2 amide bonds. The van der Waals surface area contributed by atoms with Crippen LogP contribution in [0.3, 0.4) is 0 Å². The van der Waals surface area contributed by atoms with E-state index >= 15 is 0 Å². The number of amides is 2. The Labute approximate surface area is 198 Å². The van der Waals surface area contributed by atoms with Gasteiger partial charge in [-0.3, -0.25) is 9.59 Å². The molecule has 7 nitrogen and oxygen atoms in total. The SMILES string of the molecule is O=C(CN(CC1CCCO1)C(=O)C1CCC1)N(Cc1ccc2c(c1)OCO2)Cc1cccs1. The minimum atomic E-state index is -0.0493. The van der Waals surface area contributed by atoms with E-state index in [-0.39, 0.29) is 37.2 Å². The third-order valence-corrected chi connectivity index (χ3v) is 7.49. The minimum absolute atomic E-state index is 0.0291. The first-order valence-corrected chi connectivity index (χ1v) is 12.6. The number of fused-ring (bicyclic) bond motifs is 1. The molecule has 2 aromatic rings. The van der Waals surface area contributed by atoms with Crippen LogP contribution >= 0.6 is 11.3 Å². The molecule has 33 heavy (non-hydrogen) atoms. The Kier molecular flexibility index (Phi) is 6.83. The van der Waals surface area contributed by atoms with Gasteiger partial charge in [-0.15, -0.1) is 11.3 Å². The second-order valence-electron chi connectivity index (χ2n) is 9.00. The summed E-state index contributed by atoms with van der Waals surface area (Å²) in [4.78, 5) is 31.4. The first kappa shape index (κ1) is 22.2. The van der Waals surface area contributed by atoms with Crippen LogP contribution < -0.4 is 9.47 Å². The van der Waals surface area contributed by atoms with E-state index in [0.717, 1.165) is 54.9 Å². The third kappa shape index (κ3) is 5.33. The Bertz CT molecular complexity index is 969. The molecule has 0 radical (unpaired) electrons. The van der Waals surface area contributed by atoms with Crippen molar-refractivity contribution in [1.29, 1.82) is 0 Å². The number of carbonyl (C=O) groups is 2. The molecule has 1 saturated carbocycles. The van der Waals surface area contributed by atoms with Crippen molar-refractivity contribution in [3.63, 3.8) is 0 Å². The molecule has 0 N–H and O–H groups in total. The van der Waals surface area contributed by atoms with Gasteiger partial charge < -0.3 is 24.0 Å². The Morgan fingerprint density at radius 2 is 1.88 bits per heavy atom. The number of ether oxygens (including phenoxy) is 3. The molecule has 2 fully saturated rings. The molecule has 1 saturated heterocycles. The van der Waals surface area contributed by atoms with Crippen molar-refractivity contribution in [2.75, 3.05) is 26.5 Å². The Morgan fingerprint density at radius 1 is 1.00 bits per heavy atom. The number of hydrogen-bond donors (Lipinski definition) is 0. The predicted molar refractivity (Wildman–Crippen MR) is 124 cm³/mol. The van der Waals surface area contributed by atoms with E-state index in [2.05, 4.69) is 0 Å². The molecule has 1 atom stereocenters. The summed E-state index contributed by atoms with van der Waals surface area (Å²) >= 11 is 1.63. The van der Waals surface area contributed by atoms with Crippen LogP contribution in [0.5, 0.6) is 11.5 Å². The summed E-state index contributed by atoms with van der Waals surface area (Å²) in [5, 5.41) is 2.02. The summed E-state index contributed by atoms with van der Waals surface area (Å²) in [6.07, 6.45) is 4.92. The number of rotatable bonds is 9. The highest BCUT2D eigenvalue weighted by Gasteiger charge is 2.33. The van der Waals surface area contributed by atoms with Crippen LogP contribution in [0.25, 0.3) is 0 Å². The molecule has 8 heteroatoms. The zero-order valence-electron chi connectivity index (χ0n) is 18.7. The van der Waals surface area contributed by atoms with Gasteiger partial charge in [-0.25, -0.2) is 0 Å². The lowest BCUT2D eigenvalue weighted by molar-refractivity contribution is -0.146. The molecule has 2 aliphatic heterocycles. The molecule has 3 heterocycles. The summed E-state index contributed by atoms with van der Waals surface area (Å²) in [5.74, 6) is 1.54. The monoisotopic (exact) mass is 470 g/mol. The number of benzene rings is 1. The zero-order chi connectivity index (χ0) is 22.6. The average Bonchev–Trinajstić information content (AvgIpc) is 3.54. The Morgan fingerprint density at radius 3 is 2.61 bits per heavy atom. The fourth-order valence-corrected chi connectivity index (χ4v) is 5.25. The predicted octanol–water partition coefficient (Wildman–Crippen LogP) is 3.81. The van der Waals surface area contributed by atoms with Gasteiger partial charge in [0.2, 0.25) is 18.6 Å². The van der Waals surface area contributed by atoms with Crippen molar-refractivity contribution < 1.29 is 23.8 Å².